The summed E-state index contributed by atoms with van der Waals surface area (Å²) in [5, 5.41) is 2.58. The number of aromatic nitrogens is 1. The fourth-order valence-electron chi connectivity index (χ4n) is 3.57. The first-order chi connectivity index (χ1) is 18.7. The van der Waals surface area contributed by atoms with Gasteiger partial charge in [0.2, 0.25) is 6.79 Å². The van der Waals surface area contributed by atoms with E-state index in [-0.39, 0.29) is 23.1 Å². The number of hydrogen-bond donors (Lipinski definition) is 1. The first-order valence-electron chi connectivity index (χ1n) is 12.7. The molecule has 0 unspecified atom stereocenters. The minimum absolute atomic E-state index is 0.0275. The number of benzene rings is 1. The number of carbonyl (C=O) groups excluding carboxylic acids is 3. The highest BCUT2D eigenvalue weighted by Gasteiger charge is 2.27. The Kier molecular flexibility index (Phi) is 13.0. The molecule has 1 aromatic carbocycles. The van der Waals surface area contributed by atoms with Crippen molar-refractivity contribution >= 4 is 17.8 Å². The van der Waals surface area contributed by atoms with Gasteiger partial charge in [-0.15, -0.1) is 0 Å². The van der Waals surface area contributed by atoms with Crippen molar-refractivity contribution in [1.82, 2.24) is 10.3 Å². The van der Waals surface area contributed by atoms with Crippen molar-refractivity contribution in [2.24, 2.45) is 5.92 Å². The average Bonchev–Trinajstić information content (AvgIpc) is 2.92. The molecule has 11 nitrogen and oxygen atoms in total. The van der Waals surface area contributed by atoms with E-state index in [0.29, 0.717) is 19.6 Å². The van der Waals surface area contributed by atoms with Crippen molar-refractivity contribution in [3.8, 4) is 17.2 Å². The van der Waals surface area contributed by atoms with Crippen LogP contribution in [0.4, 0.5) is 0 Å². The van der Waals surface area contributed by atoms with Crippen molar-refractivity contribution in [2.45, 2.75) is 52.7 Å². The topological polar surface area (TPSA) is 132 Å². The number of hydrogen-bond acceptors (Lipinski definition) is 10. The lowest BCUT2D eigenvalue weighted by molar-refractivity contribution is -0.154. The molecule has 0 bridgehead atoms. The molecule has 1 N–H and O–H groups in total. The van der Waals surface area contributed by atoms with Gasteiger partial charge in [-0.2, -0.15) is 0 Å². The second-order valence-corrected chi connectivity index (χ2v) is 8.81. The number of nitrogens with zero attached hydrogens (tertiary/aromatic N) is 1. The molecule has 0 aliphatic heterocycles. The molecule has 0 saturated heterocycles. The second kappa shape index (κ2) is 16.2. The molecular weight excluding hydrogens is 508 g/mol. The molecule has 0 radical (unpaired) electrons. The Bertz CT molecular complexity index is 1080. The monoisotopic (exact) mass is 546 g/mol. The van der Waals surface area contributed by atoms with Gasteiger partial charge in [-0.05, 0) is 44.4 Å². The molecule has 0 aliphatic rings. The fourth-order valence-corrected chi connectivity index (χ4v) is 3.57. The molecule has 0 aliphatic carbocycles. The van der Waals surface area contributed by atoms with E-state index >= 15 is 0 Å². The number of rotatable bonds is 16. The van der Waals surface area contributed by atoms with E-state index in [2.05, 4.69) is 10.3 Å². The van der Waals surface area contributed by atoms with Crippen LogP contribution < -0.4 is 19.5 Å². The number of carbonyl (C=O) groups is 3. The molecule has 214 valence electrons. The smallest absolute Gasteiger partial charge is 0.328 e. The molecule has 11 heteroatoms. The van der Waals surface area contributed by atoms with E-state index in [1.807, 2.05) is 31.2 Å². The van der Waals surface area contributed by atoms with Crippen molar-refractivity contribution in [3.63, 3.8) is 0 Å². The second-order valence-electron chi connectivity index (χ2n) is 8.81. The summed E-state index contributed by atoms with van der Waals surface area (Å²) in [6.45, 7) is 7.13. The predicted molar refractivity (Wildman–Crippen MR) is 142 cm³/mol. The summed E-state index contributed by atoms with van der Waals surface area (Å²) in [4.78, 5) is 41.0. The van der Waals surface area contributed by atoms with E-state index in [1.54, 1.807) is 14.0 Å². The Morgan fingerprint density at radius 1 is 1.03 bits per heavy atom. The SMILES string of the molecule is CCCOC[C@@H](Cc1ccc(OC)cc1)[C@H](C)OC(=O)[C@H](C)NC(=O)c1nccc(OC)c1OCOC(C)=O. The normalized spacial score (nSPS) is 13.0. The van der Waals surface area contributed by atoms with Crippen LogP contribution in [0.15, 0.2) is 36.5 Å². The molecular formula is C28H38N2O9. The lowest BCUT2D eigenvalue weighted by Gasteiger charge is -2.26. The Labute approximate surface area is 229 Å². The van der Waals surface area contributed by atoms with Crippen LogP contribution in [-0.2, 0) is 30.2 Å². The van der Waals surface area contributed by atoms with Gasteiger partial charge in [0.15, 0.2) is 17.2 Å². The van der Waals surface area contributed by atoms with Gasteiger partial charge in [0, 0.05) is 31.7 Å². The van der Waals surface area contributed by atoms with Gasteiger partial charge in [-0.25, -0.2) is 9.78 Å². The van der Waals surface area contributed by atoms with Crippen LogP contribution in [-0.4, -0.2) is 69.2 Å². The van der Waals surface area contributed by atoms with Crippen LogP contribution in [0, 0.1) is 5.92 Å². The van der Waals surface area contributed by atoms with Crippen LogP contribution in [0.5, 0.6) is 17.2 Å². The zero-order valence-electron chi connectivity index (χ0n) is 23.4. The van der Waals surface area contributed by atoms with Crippen LogP contribution in [0.3, 0.4) is 0 Å². The first kappa shape index (κ1) is 31.4. The lowest BCUT2D eigenvalue weighted by atomic mass is 9.95. The summed E-state index contributed by atoms with van der Waals surface area (Å²) in [5.41, 5.74) is 0.912. The number of nitrogens with one attached hydrogen (secondary N) is 1. The number of ether oxygens (including phenoxy) is 6. The quantitative estimate of drug-likeness (QED) is 0.190. The Balaban J connectivity index is 2.07. The van der Waals surface area contributed by atoms with E-state index in [4.69, 9.17) is 28.4 Å². The largest absolute Gasteiger partial charge is 0.497 e. The third-order valence-corrected chi connectivity index (χ3v) is 5.77. The average molecular weight is 547 g/mol. The molecule has 3 atom stereocenters. The Morgan fingerprint density at radius 3 is 2.36 bits per heavy atom. The van der Waals surface area contributed by atoms with Crippen molar-refractivity contribution in [3.05, 3.63) is 47.8 Å². The number of methoxy groups -OCH3 is 2. The molecule has 2 rings (SSSR count). The number of esters is 2. The lowest BCUT2D eigenvalue weighted by Crippen LogP contribution is -2.42. The van der Waals surface area contributed by atoms with Gasteiger partial charge < -0.3 is 33.7 Å². The maximum absolute atomic E-state index is 13.0. The van der Waals surface area contributed by atoms with Crippen molar-refractivity contribution in [2.75, 3.05) is 34.2 Å². The molecule has 0 fully saturated rings. The summed E-state index contributed by atoms with van der Waals surface area (Å²) in [5.74, 6) is -1.04. The Hall–Kier alpha value is -3.86. The third kappa shape index (κ3) is 10.1. The minimum atomic E-state index is -0.993. The maximum atomic E-state index is 13.0. The minimum Gasteiger partial charge on any atom is -0.497 e. The molecule has 2 aromatic rings. The molecule has 0 spiro atoms. The van der Waals surface area contributed by atoms with Gasteiger partial charge >= 0.3 is 11.9 Å². The highest BCUT2D eigenvalue weighted by molar-refractivity contribution is 5.98. The van der Waals surface area contributed by atoms with E-state index in [9.17, 15) is 14.4 Å². The number of pyridine rings is 1. The summed E-state index contributed by atoms with van der Waals surface area (Å²) < 4.78 is 32.2. The molecule has 0 saturated carbocycles. The maximum Gasteiger partial charge on any atom is 0.328 e. The summed E-state index contributed by atoms with van der Waals surface area (Å²) in [7, 11) is 3.00. The standard InChI is InChI=1S/C28H38N2O9/c1-7-14-36-16-22(15-21-8-10-23(34-5)11-9-21)19(3)39-28(33)18(2)30-27(32)25-26(38-17-37-20(4)31)24(35-6)12-13-29-25/h8-13,18-19,22H,7,14-17H2,1-6H3,(H,30,32)/t18-,19-,22+/m0/s1. The van der Waals surface area contributed by atoms with Gasteiger partial charge in [0.05, 0.1) is 20.8 Å². The zero-order chi connectivity index (χ0) is 28.8. The Morgan fingerprint density at radius 2 is 1.74 bits per heavy atom. The van der Waals surface area contributed by atoms with E-state index in [0.717, 1.165) is 17.7 Å². The van der Waals surface area contributed by atoms with E-state index in [1.165, 1.54) is 33.2 Å². The van der Waals surface area contributed by atoms with Gasteiger partial charge in [-0.3, -0.25) is 9.59 Å². The van der Waals surface area contributed by atoms with Crippen LogP contribution in [0.25, 0.3) is 0 Å². The summed E-state index contributed by atoms with van der Waals surface area (Å²) in [6.07, 6.45) is 2.36. The van der Waals surface area contributed by atoms with Crippen molar-refractivity contribution < 1.29 is 42.8 Å². The predicted octanol–water partition coefficient (Wildman–Crippen LogP) is 3.33. The fraction of sp³-hybridized carbons (Fsp3) is 0.500. The molecule has 1 heterocycles. The molecule has 1 amide bonds. The molecule has 39 heavy (non-hydrogen) atoms. The van der Waals surface area contributed by atoms with Crippen LogP contribution in [0.1, 0.15) is 50.2 Å². The van der Waals surface area contributed by atoms with Crippen LogP contribution >= 0.6 is 0 Å². The zero-order valence-corrected chi connectivity index (χ0v) is 23.4. The third-order valence-electron chi connectivity index (χ3n) is 5.77. The highest BCUT2D eigenvalue weighted by Crippen LogP contribution is 2.29. The summed E-state index contributed by atoms with van der Waals surface area (Å²) >= 11 is 0. The highest BCUT2D eigenvalue weighted by atomic mass is 16.7. The van der Waals surface area contributed by atoms with Gasteiger partial charge in [-0.1, -0.05) is 19.1 Å². The number of amides is 1. The van der Waals surface area contributed by atoms with Crippen LogP contribution in [0.2, 0.25) is 0 Å². The molecule has 1 aromatic heterocycles. The van der Waals surface area contributed by atoms with E-state index < -0.39 is 36.8 Å². The first-order valence-corrected chi connectivity index (χ1v) is 12.7. The van der Waals surface area contributed by atoms with Gasteiger partial charge in [0.1, 0.15) is 17.9 Å². The van der Waals surface area contributed by atoms with Gasteiger partial charge in [0.25, 0.3) is 5.91 Å². The summed E-state index contributed by atoms with van der Waals surface area (Å²) in [6, 6.07) is 8.18. The van der Waals surface area contributed by atoms with Crippen molar-refractivity contribution in [1.29, 1.82) is 0 Å².